The molecule has 2 N–H and O–H groups in total. The van der Waals surface area contributed by atoms with E-state index in [0.717, 1.165) is 11.3 Å². The second-order valence-corrected chi connectivity index (χ2v) is 5.29. The van der Waals surface area contributed by atoms with E-state index in [1.807, 2.05) is 24.3 Å². The molecular formula is C15H19N3O3. The van der Waals surface area contributed by atoms with Crippen LogP contribution in [-0.2, 0) is 20.7 Å². The lowest BCUT2D eigenvalue weighted by Crippen LogP contribution is -2.58. The van der Waals surface area contributed by atoms with Crippen molar-refractivity contribution in [1.29, 1.82) is 0 Å². The molecule has 0 aromatic heterocycles. The number of nitrogens with one attached hydrogen (secondary N) is 2. The summed E-state index contributed by atoms with van der Waals surface area (Å²) in [4.78, 5) is 26.3. The maximum Gasteiger partial charge on any atom is 0.246 e. The first kappa shape index (κ1) is 13.9. The van der Waals surface area contributed by atoms with Crippen LogP contribution in [0.2, 0.25) is 0 Å². The third-order valence-electron chi connectivity index (χ3n) is 4.03. The molecule has 112 valence electrons. The molecule has 3 rings (SSSR count). The van der Waals surface area contributed by atoms with Crippen molar-refractivity contribution in [2.75, 3.05) is 32.1 Å². The van der Waals surface area contributed by atoms with Crippen LogP contribution in [0.1, 0.15) is 5.56 Å². The van der Waals surface area contributed by atoms with Gasteiger partial charge in [0.05, 0.1) is 13.2 Å². The lowest BCUT2D eigenvalue weighted by Gasteiger charge is -2.35. The summed E-state index contributed by atoms with van der Waals surface area (Å²) in [5.41, 5.74) is 2.14. The van der Waals surface area contributed by atoms with Crippen molar-refractivity contribution in [3.8, 4) is 0 Å². The van der Waals surface area contributed by atoms with Gasteiger partial charge in [0, 0.05) is 25.7 Å². The zero-order valence-corrected chi connectivity index (χ0v) is 12.0. The summed E-state index contributed by atoms with van der Waals surface area (Å²) in [6.45, 7) is 1.18. The minimum absolute atomic E-state index is 0.0388. The molecule has 6 heteroatoms. The Labute approximate surface area is 123 Å². The molecule has 2 amide bonds. The molecule has 0 saturated carbocycles. The fourth-order valence-corrected chi connectivity index (χ4v) is 2.90. The van der Waals surface area contributed by atoms with Gasteiger partial charge in [-0.05, 0) is 11.6 Å². The first-order valence-electron chi connectivity index (χ1n) is 7.15. The zero-order valence-electron chi connectivity index (χ0n) is 12.0. The number of nitrogens with zero attached hydrogens (tertiary/aromatic N) is 1. The van der Waals surface area contributed by atoms with Crippen molar-refractivity contribution in [1.82, 2.24) is 10.2 Å². The van der Waals surface area contributed by atoms with E-state index in [1.54, 1.807) is 11.9 Å². The van der Waals surface area contributed by atoms with E-state index in [2.05, 4.69) is 10.6 Å². The highest BCUT2D eigenvalue weighted by Gasteiger charge is 2.37. The van der Waals surface area contributed by atoms with Crippen LogP contribution in [0.4, 0.5) is 5.69 Å². The number of carbonyl (C=O) groups is 2. The molecular weight excluding hydrogens is 270 g/mol. The van der Waals surface area contributed by atoms with E-state index < -0.39 is 6.04 Å². The standard InChI is InChI=1S/C15H19N3O3/c1-16-14(19)13-9-21-7-6-18(13)15(20)12-8-10-4-2-3-5-11(10)17-12/h2-5,12-13,17H,6-9H2,1H3,(H,16,19). The van der Waals surface area contributed by atoms with Crippen LogP contribution >= 0.6 is 0 Å². The molecule has 1 aromatic rings. The lowest BCUT2D eigenvalue weighted by atomic mass is 10.1. The minimum Gasteiger partial charge on any atom is -0.377 e. The number of fused-ring (bicyclic) bond motifs is 1. The molecule has 2 aliphatic rings. The Morgan fingerprint density at radius 1 is 1.38 bits per heavy atom. The largest absolute Gasteiger partial charge is 0.377 e. The number of amides is 2. The summed E-state index contributed by atoms with van der Waals surface area (Å²) in [6.07, 6.45) is 0.660. The Kier molecular flexibility index (Phi) is 3.79. The van der Waals surface area contributed by atoms with Crippen LogP contribution in [0, 0.1) is 0 Å². The fourth-order valence-electron chi connectivity index (χ4n) is 2.90. The maximum absolute atomic E-state index is 12.7. The molecule has 1 saturated heterocycles. The molecule has 0 spiro atoms. The normalized spacial score (nSPS) is 24.1. The first-order valence-corrected chi connectivity index (χ1v) is 7.15. The molecule has 2 atom stereocenters. The van der Waals surface area contributed by atoms with Gasteiger partial charge in [0.2, 0.25) is 11.8 Å². The molecule has 2 aliphatic heterocycles. The van der Waals surface area contributed by atoms with E-state index in [9.17, 15) is 9.59 Å². The van der Waals surface area contributed by atoms with Crippen molar-refractivity contribution in [2.45, 2.75) is 18.5 Å². The number of hydrogen-bond donors (Lipinski definition) is 2. The molecule has 0 bridgehead atoms. The summed E-state index contributed by atoms with van der Waals surface area (Å²) in [5, 5.41) is 5.84. The quantitative estimate of drug-likeness (QED) is 0.804. The summed E-state index contributed by atoms with van der Waals surface area (Å²) >= 11 is 0. The number of morpholine rings is 1. The van der Waals surface area contributed by atoms with Gasteiger partial charge in [0.1, 0.15) is 12.1 Å². The highest BCUT2D eigenvalue weighted by atomic mass is 16.5. The van der Waals surface area contributed by atoms with Gasteiger partial charge in [0.25, 0.3) is 0 Å². The third kappa shape index (κ3) is 2.58. The number of benzene rings is 1. The number of ether oxygens (including phenoxy) is 1. The Hall–Kier alpha value is -2.08. The minimum atomic E-state index is -0.540. The van der Waals surface area contributed by atoms with Crippen molar-refractivity contribution >= 4 is 17.5 Å². The average Bonchev–Trinajstić information content (AvgIpc) is 2.97. The lowest BCUT2D eigenvalue weighted by molar-refractivity contribution is -0.148. The summed E-state index contributed by atoms with van der Waals surface area (Å²) in [6, 6.07) is 7.06. The van der Waals surface area contributed by atoms with E-state index in [1.165, 1.54) is 0 Å². The summed E-state index contributed by atoms with van der Waals surface area (Å²) < 4.78 is 5.33. The fraction of sp³-hybridized carbons (Fsp3) is 0.467. The van der Waals surface area contributed by atoms with Crippen molar-refractivity contribution in [3.63, 3.8) is 0 Å². The highest BCUT2D eigenvalue weighted by molar-refractivity contribution is 5.92. The number of anilines is 1. The smallest absolute Gasteiger partial charge is 0.246 e. The van der Waals surface area contributed by atoms with Crippen LogP contribution in [0.3, 0.4) is 0 Å². The van der Waals surface area contributed by atoms with Crippen LogP contribution in [0.5, 0.6) is 0 Å². The van der Waals surface area contributed by atoms with E-state index in [0.29, 0.717) is 19.6 Å². The predicted octanol–water partition coefficient (Wildman–Crippen LogP) is -0.00340. The molecule has 1 fully saturated rings. The number of para-hydroxylation sites is 1. The Balaban J connectivity index is 1.74. The molecule has 0 radical (unpaired) electrons. The van der Waals surface area contributed by atoms with Crippen molar-refractivity contribution in [2.24, 2.45) is 0 Å². The number of carbonyl (C=O) groups excluding carboxylic acids is 2. The maximum atomic E-state index is 12.7. The molecule has 21 heavy (non-hydrogen) atoms. The van der Waals surface area contributed by atoms with Crippen molar-refractivity contribution < 1.29 is 14.3 Å². The SMILES string of the molecule is CNC(=O)C1COCCN1C(=O)C1Cc2ccccc2N1. The number of rotatable bonds is 2. The molecule has 2 unspecified atom stereocenters. The van der Waals surface area contributed by atoms with Crippen LogP contribution in [0.15, 0.2) is 24.3 Å². The summed E-state index contributed by atoms with van der Waals surface area (Å²) in [7, 11) is 1.57. The van der Waals surface area contributed by atoms with Gasteiger partial charge in [-0.3, -0.25) is 9.59 Å². The van der Waals surface area contributed by atoms with Gasteiger partial charge in [0.15, 0.2) is 0 Å². The van der Waals surface area contributed by atoms with E-state index in [4.69, 9.17) is 4.74 Å². The van der Waals surface area contributed by atoms with Gasteiger partial charge >= 0.3 is 0 Å². The molecule has 2 heterocycles. The Bertz CT molecular complexity index is 536. The van der Waals surface area contributed by atoms with Gasteiger partial charge in [-0.1, -0.05) is 18.2 Å². The Morgan fingerprint density at radius 2 is 2.19 bits per heavy atom. The molecule has 0 aliphatic carbocycles. The van der Waals surface area contributed by atoms with E-state index >= 15 is 0 Å². The monoisotopic (exact) mass is 289 g/mol. The molecule has 6 nitrogen and oxygen atoms in total. The second-order valence-electron chi connectivity index (χ2n) is 5.29. The van der Waals surface area contributed by atoms with Crippen LogP contribution in [-0.4, -0.2) is 55.6 Å². The highest BCUT2D eigenvalue weighted by Crippen LogP contribution is 2.26. The Morgan fingerprint density at radius 3 is 2.95 bits per heavy atom. The van der Waals surface area contributed by atoms with Crippen LogP contribution in [0.25, 0.3) is 0 Å². The van der Waals surface area contributed by atoms with Gasteiger partial charge in [-0.25, -0.2) is 0 Å². The number of hydrogen-bond acceptors (Lipinski definition) is 4. The first-order chi connectivity index (χ1) is 10.2. The van der Waals surface area contributed by atoms with Crippen molar-refractivity contribution in [3.05, 3.63) is 29.8 Å². The second kappa shape index (κ2) is 5.73. The topological polar surface area (TPSA) is 70.7 Å². The molecule has 1 aromatic carbocycles. The van der Waals surface area contributed by atoms with Gasteiger partial charge < -0.3 is 20.3 Å². The predicted molar refractivity (Wildman–Crippen MR) is 77.9 cm³/mol. The summed E-state index contributed by atoms with van der Waals surface area (Å²) in [5.74, 6) is -0.221. The van der Waals surface area contributed by atoms with Gasteiger partial charge in [-0.15, -0.1) is 0 Å². The number of likely N-dealkylation sites (N-methyl/N-ethyl adjacent to an activating group) is 1. The average molecular weight is 289 g/mol. The van der Waals surface area contributed by atoms with Crippen LogP contribution < -0.4 is 10.6 Å². The van der Waals surface area contributed by atoms with Gasteiger partial charge in [-0.2, -0.15) is 0 Å². The zero-order chi connectivity index (χ0) is 14.8. The third-order valence-corrected chi connectivity index (χ3v) is 4.03. The van der Waals surface area contributed by atoms with E-state index in [-0.39, 0.29) is 24.5 Å².